The minimum atomic E-state index is 0.522. The van der Waals surface area contributed by atoms with Gasteiger partial charge in [0, 0.05) is 25.4 Å². The molecule has 3 nitrogen and oxygen atoms in total. The lowest BCUT2D eigenvalue weighted by atomic mass is 9.97. The molecule has 78 valence electrons. The van der Waals surface area contributed by atoms with Crippen LogP contribution in [0.1, 0.15) is 37.4 Å². The molecule has 0 saturated carbocycles. The van der Waals surface area contributed by atoms with E-state index < -0.39 is 0 Å². The maximum Gasteiger partial charge on any atom is 0.135 e. The summed E-state index contributed by atoms with van der Waals surface area (Å²) in [6, 6.07) is 0. The number of aromatic nitrogens is 2. The zero-order valence-electron chi connectivity index (χ0n) is 9.70. The van der Waals surface area contributed by atoms with Crippen molar-refractivity contribution in [3.05, 3.63) is 17.6 Å². The van der Waals surface area contributed by atoms with E-state index in [1.165, 1.54) is 5.56 Å². The third kappa shape index (κ3) is 2.03. The second-order valence-electron chi connectivity index (χ2n) is 3.90. The summed E-state index contributed by atoms with van der Waals surface area (Å²) >= 11 is 0. The second-order valence-corrected chi connectivity index (χ2v) is 3.90. The fraction of sp³-hybridized carbons (Fsp3) is 0.636. The Morgan fingerprint density at radius 1 is 1.36 bits per heavy atom. The fourth-order valence-corrected chi connectivity index (χ4v) is 1.61. The van der Waals surface area contributed by atoms with Gasteiger partial charge in [-0.15, -0.1) is 0 Å². The second kappa shape index (κ2) is 4.40. The van der Waals surface area contributed by atoms with E-state index in [2.05, 4.69) is 35.6 Å². The van der Waals surface area contributed by atoms with Crippen molar-refractivity contribution in [2.75, 3.05) is 19.0 Å². The first-order valence-electron chi connectivity index (χ1n) is 5.06. The van der Waals surface area contributed by atoms with Crippen LogP contribution < -0.4 is 4.90 Å². The molecular formula is C11H19N3. The van der Waals surface area contributed by atoms with Gasteiger partial charge < -0.3 is 4.90 Å². The topological polar surface area (TPSA) is 29.0 Å². The first kappa shape index (κ1) is 11.0. The van der Waals surface area contributed by atoms with Gasteiger partial charge in [0.15, 0.2) is 0 Å². The molecular weight excluding hydrogens is 174 g/mol. The fourth-order valence-electron chi connectivity index (χ4n) is 1.61. The van der Waals surface area contributed by atoms with E-state index in [0.717, 1.165) is 17.9 Å². The van der Waals surface area contributed by atoms with Gasteiger partial charge in [0.2, 0.25) is 0 Å². The van der Waals surface area contributed by atoms with Gasteiger partial charge in [-0.3, -0.25) is 0 Å². The maximum atomic E-state index is 4.32. The van der Waals surface area contributed by atoms with E-state index in [1.807, 2.05) is 14.1 Å². The van der Waals surface area contributed by atoms with Crippen LogP contribution in [0.25, 0.3) is 0 Å². The molecule has 1 aromatic heterocycles. The van der Waals surface area contributed by atoms with Gasteiger partial charge in [-0.05, 0) is 19.3 Å². The summed E-state index contributed by atoms with van der Waals surface area (Å²) in [6.07, 6.45) is 2.76. The van der Waals surface area contributed by atoms with Gasteiger partial charge in [-0.1, -0.05) is 13.8 Å². The number of hydrogen-bond donors (Lipinski definition) is 0. The van der Waals surface area contributed by atoms with Crippen molar-refractivity contribution in [2.45, 2.75) is 33.1 Å². The first-order chi connectivity index (χ1) is 6.57. The SMILES string of the molecule is CCC(C)c1c(C)ncnc1N(C)C. The highest BCUT2D eigenvalue weighted by Gasteiger charge is 2.14. The van der Waals surface area contributed by atoms with Crippen LogP contribution in [0.4, 0.5) is 5.82 Å². The highest BCUT2D eigenvalue weighted by molar-refractivity contribution is 5.48. The molecule has 14 heavy (non-hydrogen) atoms. The standard InChI is InChI=1S/C11H19N3/c1-6-8(2)10-9(3)12-7-13-11(10)14(4)5/h7-8H,6H2,1-5H3. The molecule has 1 aromatic rings. The van der Waals surface area contributed by atoms with Crippen molar-refractivity contribution < 1.29 is 0 Å². The Labute approximate surface area is 86.2 Å². The summed E-state index contributed by atoms with van der Waals surface area (Å²) in [5, 5.41) is 0. The van der Waals surface area contributed by atoms with Crippen LogP contribution in [0.5, 0.6) is 0 Å². The average molecular weight is 193 g/mol. The van der Waals surface area contributed by atoms with Crippen molar-refractivity contribution >= 4 is 5.82 Å². The van der Waals surface area contributed by atoms with Gasteiger partial charge in [-0.2, -0.15) is 0 Å². The molecule has 0 aliphatic heterocycles. The van der Waals surface area contributed by atoms with E-state index in [0.29, 0.717) is 5.92 Å². The van der Waals surface area contributed by atoms with Crippen LogP contribution in [0, 0.1) is 6.92 Å². The van der Waals surface area contributed by atoms with Crippen LogP contribution in [-0.4, -0.2) is 24.1 Å². The molecule has 0 N–H and O–H groups in total. The number of aryl methyl sites for hydroxylation is 1. The molecule has 1 atom stereocenters. The Balaban J connectivity index is 3.22. The number of anilines is 1. The van der Waals surface area contributed by atoms with Crippen LogP contribution in [0.15, 0.2) is 6.33 Å². The summed E-state index contributed by atoms with van der Waals surface area (Å²) in [6.45, 7) is 6.46. The van der Waals surface area contributed by atoms with E-state index in [4.69, 9.17) is 0 Å². The third-order valence-corrected chi connectivity index (χ3v) is 2.59. The smallest absolute Gasteiger partial charge is 0.135 e. The average Bonchev–Trinajstić information content (AvgIpc) is 2.16. The first-order valence-corrected chi connectivity index (χ1v) is 5.06. The molecule has 0 spiro atoms. The third-order valence-electron chi connectivity index (χ3n) is 2.59. The van der Waals surface area contributed by atoms with Gasteiger partial charge in [-0.25, -0.2) is 9.97 Å². The minimum Gasteiger partial charge on any atom is -0.362 e. The molecule has 1 heterocycles. The Bertz CT molecular complexity index is 307. The molecule has 0 saturated heterocycles. The normalized spacial score (nSPS) is 12.6. The Hall–Kier alpha value is -1.12. The molecule has 0 aromatic carbocycles. The van der Waals surface area contributed by atoms with Gasteiger partial charge in [0.05, 0.1) is 0 Å². The molecule has 1 rings (SSSR count). The predicted octanol–water partition coefficient (Wildman–Crippen LogP) is 2.36. The van der Waals surface area contributed by atoms with Crippen LogP contribution >= 0.6 is 0 Å². The lowest BCUT2D eigenvalue weighted by molar-refractivity contribution is 0.713. The monoisotopic (exact) mass is 193 g/mol. The molecule has 3 heteroatoms. The van der Waals surface area contributed by atoms with Gasteiger partial charge in [0.25, 0.3) is 0 Å². The minimum absolute atomic E-state index is 0.522. The quantitative estimate of drug-likeness (QED) is 0.738. The van der Waals surface area contributed by atoms with Gasteiger partial charge in [0.1, 0.15) is 12.1 Å². The summed E-state index contributed by atoms with van der Waals surface area (Å²) in [5.74, 6) is 1.57. The van der Waals surface area contributed by atoms with Crippen molar-refractivity contribution in [3.63, 3.8) is 0 Å². The van der Waals surface area contributed by atoms with E-state index in [-0.39, 0.29) is 0 Å². The Morgan fingerprint density at radius 3 is 2.50 bits per heavy atom. The highest BCUT2D eigenvalue weighted by atomic mass is 15.1. The van der Waals surface area contributed by atoms with Crippen LogP contribution in [0.2, 0.25) is 0 Å². The predicted molar refractivity (Wildman–Crippen MR) is 59.8 cm³/mol. The molecule has 0 radical (unpaired) electrons. The van der Waals surface area contributed by atoms with Crippen molar-refractivity contribution in [1.82, 2.24) is 9.97 Å². The van der Waals surface area contributed by atoms with Gasteiger partial charge >= 0.3 is 0 Å². The lowest BCUT2D eigenvalue weighted by Crippen LogP contribution is -2.16. The van der Waals surface area contributed by atoms with Crippen molar-refractivity contribution in [2.24, 2.45) is 0 Å². The molecule has 0 amide bonds. The zero-order valence-corrected chi connectivity index (χ0v) is 9.70. The largest absolute Gasteiger partial charge is 0.362 e. The summed E-state index contributed by atoms with van der Waals surface area (Å²) in [4.78, 5) is 10.6. The van der Waals surface area contributed by atoms with Crippen molar-refractivity contribution in [3.8, 4) is 0 Å². The summed E-state index contributed by atoms with van der Waals surface area (Å²) in [5.41, 5.74) is 2.37. The van der Waals surface area contributed by atoms with Crippen LogP contribution in [0.3, 0.4) is 0 Å². The summed E-state index contributed by atoms with van der Waals surface area (Å²) < 4.78 is 0. The Kier molecular flexibility index (Phi) is 3.44. The van der Waals surface area contributed by atoms with Crippen LogP contribution in [-0.2, 0) is 0 Å². The van der Waals surface area contributed by atoms with E-state index in [9.17, 15) is 0 Å². The number of nitrogens with zero attached hydrogens (tertiary/aromatic N) is 3. The van der Waals surface area contributed by atoms with E-state index >= 15 is 0 Å². The molecule has 0 aliphatic carbocycles. The molecule has 0 aliphatic rings. The number of rotatable bonds is 3. The molecule has 0 bridgehead atoms. The van der Waals surface area contributed by atoms with E-state index in [1.54, 1.807) is 6.33 Å². The van der Waals surface area contributed by atoms with Crippen molar-refractivity contribution in [1.29, 1.82) is 0 Å². The maximum absolute atomic E-state index is 4.32. The number of hydrogen-bond acceptors (Lipinski definition) is 3. The molecule has 0 fully saturated rings. The molecule has 1 unspecified atom stereocenters. The lowest BCUT2D eigenvalue weighted by Gasteiger charge is -2.20. The Morgan fingerprint density at radius 2 is 2.00 bits per heavy atom. The summed E-state index contributed by atoms with van der Waals surface area (Å²) in [7, 11) is 4.04. The highest BCUT2D eigenvalue weighted by Crippen LogP contribution is 2.28. The zero-order chi connectivity index (χ0) is 10.7.